The first-order valence-corrected chi connectivity index (χ1v) is 7.22. The number of hydrogen-bond donors (Lipinski definition) is 2. The summed E-state index contributed by atoms with van der Waals surface area (Å²) in [6.07, 6.45) is 1.85. The van der Waals surface area contributed by atoms with Crippen LogP contribution in [0.5, 0.6) is 5.75 Å². The number of nitrogens with one attached hydrogen (secondary N) is 1. The standard InChI is InChI=1S/C17H18N4O2/c1-21-10-13-7-12(8-15(23-2)16(13)20-21)17(22)19-14-5-3-4-11(6-14)9-18/h3-8,10H,9,18H2,1-2H3,(H,19,22). The second-order valence-corrected chi connectivity index (χ2v) is 5.28. The van der Waals surface area contributed by atoms with Crippen molar-refractivity contribution in [3.63, 3.8) is 0 Å². The maximum absolute atomic E-state index is 12.5. The number of nitrogens with zero attached hydrogens (tertiary/aromatic N) is 2. The van der Waals surface area contributed by atoms with Crippen LogP contribution in [0, 0.1) is 0 Å². The number of rotatable bonds is 4. The topological polar surface area (TPSA) is 82.2 Å². The van der Waals surface area contributed by atoms with Crippen LogP contribution in [0.4, 0.5) is 5.69 Å². The zero-order valence-electron chi connectivity index (χ0n) is 13.0. The molecule has 0 radical (unpaired) electrons. The molecule has 0 bridgehead atoms. The Hall–Kier alpha value is -2.86. The maximum Gasteiger partial charge on any atom is 0.255 e. The highest BCUT2D eigenvalue weighted by molar-refractivity contribution is 6.07. The third-order valence-electron chi connectivity index (χ3n) is 3.59. The summed E-state index contributed by atoms with van der Waals surface area (Å²) in [6, 6.07) is 11.0. The highest BCUT2D eigenvalue weighted by Crippen LogP contribution is 2.26. The monoisotopic (exact) mass is 310 g/mol. The van der Waals surface area contributed by atoms with Crippen molar-refractivity contribution in [2.24, 2.45) is 12.8 Å². The minimum atomic E-state index is -0.205. The van der Waals surface area contributed by atoms with Crippen LogP contribution in [-0.2, 0) is 13.6 Å². The van der Waals surface area contributed by atoms with Gasteiger partial charge in [-0.1, -0.05) is 12.1 Å². The minimum absolute atomic E-state index is 0.205. The smallest absolute Gasteiger partial charge is 0.255 e. The third-order valence-corrected chi connectivity index (χ3v) is 3.59. The fourth-order valence-corrected chi connectivity index (χ4v) is 2.49. The Balaban J connectivity index is 1.93. The van der Waals surface area contributed by atoms with E-state index in [-0.39, 0.29) is 5.91 Å². The molecule has 3 aromatic rings. The van der Waals surface area contributed by atoms with Crippen molar-refractivity contribution in [3.8, 4) is 5.75 Å². The van der Waals surface area contributed by atoms with Gasteiger partial charge in [0.25, 0.3) is 5.91 Å². The number of hydrogen-bond acceptors (Lipinski definition) is 4. The molecule has 0 aliphatic carbocycles. The Morgan fingerprint density at radius 3 is 2.91 bits per heavy atom. The van der Waals surface area contributed by atoms with Crippen LogP contribution in [0.15, 0.2) is 42.6 Å². The van der Waals surface area contributed by atoms with Crippen molar-refractivity contribution in [1.82, 2.24) is 9.78 Å². The highest BCUT2D eigenvalue weighted by Gasteiger charge is 2.13. The van der Waals surface area contributed by atoms with Crippen molar-refractivity contribution in [2.45, 2.75) is 6.54 Å². The van der Waals surface area contributed by atoms with Crippen LogP contribution < -0.4 is 15.8 Å². The zero-order chi connectivity index (χ0) is 16.4. The first-order chi connectivity index (χ1) is 11.1. The molecule has 0 unspecified atom stereocenters. The molecule has 0 aliphatic heterocycles. The number of amides is 1. The van der Waals surface area contributed by atoms with Gasteiger partial charge in [-0.2, -0.15) is 5.10 Å². The van der Waals surface area contributed by atoms with E-state index >= 15 is 0 Å². The molecule has 1 amide bonds. The number of carbonyl (C=O) groups is 1. The predicted octanol–water partition coefficient (Wildman–Crippen LogP) is 2.29. The van der Waals surface area contributed by atoms with Gasteiger partial charge < -0.3 is 15.8 Å². The number of fused-ring (bicyclic) bond motifs is 1. The number of anilines is 1. The Morgan fingerprint density at radius 2 is 2.17 bits per heavy atom. The van der Waals surface area contributed by atoms with Gasteiger partial charge >= 0.3 is 0 Å². The molecule has 2 aromatic carbocycles. The molecule has 23 heavy (non-hydrogen) atoms. The first kappa shape index (κ1) is 15.1. The molecule has 0 fully saturated rings. The quantitative estimate of drug-likeness (QED) is 0.774. The van der Waals surface area contributed by atoms with Gasteiger partial charge in [-0.25, -0.2) is 0 Å². The number of nitrogens with two attached hydrogens (primary N) is 1. The molecular formula is C17H18N4O2. The van der Waals surface area contributed by atoms with Gasteiger partial charge in [0.05, 0.1) is 7.11 Å². The Kier molecular flexibility index (Phi) is 3.99. The number of aromatic nitrogens is 2. The van der Waals surface area contributed by atoms with Crippen molar-refractivity contribution >= 4 is 22.5 Å². The summed E-state index contributed by atoms with van der Waals surface area (Å²) in [5.74, 6) is 0.368. The molecule has 0 atom stereocenters. The van der Waals surface area contributed by atoms with E-state index in [9.17, 15) is 4.79 Å². The Morgan fingerprint density at radius 1 is 1.35 bits per heavy atom. The molecule has 3 rings (SSSR count). The average Bonchev–Trinajstić information content (AvgIpc) is 2.94. The van der Waals surface area contributed by atoms with Gasteiger partial charge in [-0.15, -0.1) is 0 Å². The van der Waals surface area contributed by atoms with Gasteiger partial charge in [0.2, 0.25) is 0 Å². The zero-order valence-corrected chi connectivity index (χ0v) is 13.0. The normalized spacial score (nSPS) is 10.7. The molecule has 1 heterocycles. The molecule has 0 saturated carbocycles. The van der Waals surface area contributed by atoms with E-state index < -0.39 is 0 Å². The van der Waals surface area contributed by atoms with Gasteiger partial charge in [0.15, 0.2) is 0 Å². The summed E-state index contributed by atoms with van der Waals surface area (Å²) >= 11 is 0. The summed E-state index contributed by atoms with van der Waals surface area (Å²) < 4.78 is 7.04. The molecule has 0 spiro atoms. The molecular weight excluding hydrogens is 292 g/mol. The maximum atomic E-state index is 12.5. The lowest BCUT2D eigenvalue weighted by atomic mass is 10.1. The molecule has 118 valence electrons. The molecule has 6 nitrogen and oxygen atoms in total. The van der Waals surface area contributed by atoms with Gasteiger partial charge in [0, 0.05) is 36.4 Å². The van der Waals surface area contributed by atoms with Crippen LogP contribution in [0.3, 0.4) is 0 Å². The molecule has 1 aromatic heterocycles. The summed E-state index contributed by atoms with van der Waals surface area (Å²) in [7, 11) is 3.40. The van der Waals surface area contributed by atoms with Crippen molar-refractivity contribution in [2.75, 3.05) is 12.4 Å². The van der Waals surface area contributed by atoms with Crippen LogP contribution >= 0.6 is 0 Å². The molecule has 3 N–H and O–H groups in total. The number of ether oxygens (including phenoxy) is 1. The van der Waals surface area contributed by atoms with Crippen LogP contribution in [0.2, 0.25) is 0 Å². The highest BCUT2D eigenvalue weighted by atomic mass is 16.5. The second kappa shape index (κ2) is 6.10. The fraction of sp³-hybridized carbons (Fsp3) is 0.176. The van der Waals surface area contributed by atoms with Gasteiger partial charge in [-0.05, 0) is 29.8 Å². The van der Waals surface area contributed by atoms with Crippen molar-refractivity contribution in [1.29, 1.82) is 0 Å². The second-order valence-electron chi connectivity index (χ2n) is 5.28. The molecule has 0 saturated heterocycles. The van der Waals surface area contributed by atoms with E-state index in [0.29, 0.717) is 23.5 Å². The summed E-state index contributed by atoms with van der Waals surface area (Å²) in [4.78, 5) is 12.5. The lowest BCUT2D eigenvalue weighted by Crippen LogP contribution is -2.12. The fourth-order valence-electron chi connectivity index (χ4n) is 2.49. The van der Waals surface area contributed by atoms with Gasteiger partial charge in [-0.3, -0.25) is 9.48 Å². The van der Waals surface area contributed by atoms with Gasteiger partial charge in [0.1, 0.15) is 11.3 Å². The minimum Gasteiger partial charge on any atom is -0.494 e. The Bertz CT molecular complexity index is 870. The lowest BCUT2D eigenvalue weighted by molar-refractivity contribution is 0.102. The average molecular weight is 310 g/mol. The van der Waals surface area contributed by atoms with E-state index in [1.807, 2.05) is 37.5 Å². The van der Waals surface area contributed by atoms with Crippen molar-refractivity contribution < 1.29 is 9.53 Å². The van der Waals surface area contributed by atoms with Crippen molar-refractivity contribution in [3.05, 3.63) is 53.7 Å². The molecule has 6 heteroatoms. The Labute approximate surface area is 133 Å². The van der Waals surface area contributed by atoms with E-state index in [1.54, 1.807) is 23.9 Å². The van der Waals surface area contributed by atoms with E-state index in [1.165, 1.54) is 0 Å². The summed E-state index contributed by atoms with van der Waals surface area (Å²) in [5.41, 5.74) is 8.54. The van der Waals surface area contributed by atoms with Crippen LogP contribution in [0.1, 0.15) is 15.9 Å². The SMILES string of the molecule is COc1cc(C(=O)Nc2cccc(CN)c2)cc2cn(C)nc12. The number of carbonyl (C=O) groups excluding carboxylic acids is 1. The summed E-state index contributed by atoms with van der Waals surface area (Å²) in [5, 5.41) is 8.07. The first-order valence-electron chi connectivity index (χ1n) is 7.22. The largest absolute Gasteiger partial charge is 0.494 e. The van der Waals surface area contributed by atoms with Crippen LogP contribution in [0.25, 0.3) is 10.9 Å². The van der Waals surface area contributed by atoms with Crippen LogP contribution in [-0.4, -0.2) is 22.8 Å². The lowest BCUT2D eigenvalue weighted by Gasteiger charge is -2.08. The number of benzene rings is 2. The number of methoxy groups -OCH3 is 1. The summed E-state index contributed by atoms with van der Waals surface area (Å²) in [6.45, 7) is 0.430. The van der Waals surface area contributed by atoms with E-state index in [4.69, 9.17) is 10.5 Å². The predicted molar refractivity (Wildman–Crippen MR) is 89.6 cm³/mol. The number of aryl methyl sites for hydroxylation is 1. The molecule has 0 aliphatic rings. The third kappa shape index (κ3) is 3.02. The van der Waals surface area contributed by atoms with E-state index in [0.717, 1.165) is 16.5 Å². The van der Waals surface area contributed by atoms with E-state index in [2.05, 4.69) is 10.4 Å².